The van der Waals surface area contributed by atoms with Crippen molar-refractivity contribution in [2.24, 2.45) is 0 Å². The lowest BCUT2D eigenvalue weighted by Crippen LogP contribution is -2.29. The van der Waals surface area contributed by atoms with Crippen molar-refractivity contribution in [3.05, 3.63) is 74.8 Å². The number of thioether (sulfide) groups is 1. The number of hydrogen-bond acceptors (Lipinski definition) is 7. The van der Waals surface area contributed by atoms with Crippen molar-refractivity contribution in [3.8, 4) is 12.1 Å². The summed E-state index contributed by atoms with van der Waals surface area (Å²) in [6.45, 7) is 2.53. The molecule has 1 aliphatic carbocycles. The Morgan fingerprint density at radius 3 is 2.77 bits per heavy atom. The quantitative estimate of drug-likeness (QED) is 0.477. The predicted molar refractivity (Wildman–Crippen MR) is 138 cm³/mol. The van der Waals surface area contributed by atoms with E-state index >= 15 is 0 Å². The fourth-order valence-electron chi connectivity index (χ4n) is 4.74. The standard InChI is InChI=1S/C27H25N5OS2/c28-13-20-12-19-8-4-5-9-23(19)30-26(20)34-17-25(33)31-27-22(14-29)21-10-11-32(16-24(21)35-27)15-18-6-2-1-3-7-18/h1-3,6-7,12H,4-5,8-11,15-17H2,(H,31,33). The molecule has 0 radical (unpaired) electrons. The third-order valence-corrected chi connectivity index (χ3v) is 8.60. The first-order chi connectivity index (χ1) is 17.1. The Labute approximate surface area is 213 Å². The van der Waals surface area contributed by atoms with Gasteiger partial charge in [0.2, 0.25) is 5.91 Å². The Bertz CT molecular complexity index is 1340. The first-order valence-corrected chi connectivity index (χ1v) is 13.6. The van der Waals surface area contributed by atoms with Gasteiger partial charge < -0.3 is 5.32 Å². The maximum absolute atomic E-state index is 12.8. The molecule has 0 atom stereocenters. The van der Waals surface area contributed by atoms with Gasteiger partial charge in [-0.1, -0.05) is 42.1 Å². The molecule has 0 unspecified atom stereocenters. The molecule has 0 fully saturated rings. The van der Waals surface area contributed by atoms with E-state index in [-0.39, 0.29) is 11.7 Å². The maximum Gasteiger partial charge on any atom is 0.235 e. The summed E-state index contributed by atoms with van der Waals surface area (Å²) < 4.78 is 0. The van der Waals surface area contributed by atoms with Gasteiger partial charge in [0, 0.05) is 30.2 Å². The largest absolute Gasteiger partial charge is 0.316 e. The number of benzene rings is 1. The molecule has 176 valence electrons. The van der Waals surface area contributed by atoms with E-state index in [4.69, 9.17) is 4.98 Å². The molecule has 3 aromatic rings. The molecule has 2 aromatic heterocycles. The van der Waals surface area contributed by atoms with Crippen LogP contribution in [0.25, 0.3) is 0 Å². The number of pyridine rings is 1. The number of carbonyl (C=O) groups excluding carboxylic acids is 1. The van der Waals surface area contributed by atoms with Crippen LogP contribution in [0.2, 0.25) is 0 Å². The summed E-state index contributed by atoms with van der Waals surface area (Å²) in [7, 11) is 0. The molecule has 0 saturated heterocycles. The molecule has 2 aliphatic rings. The zero-order chi connectivity index (χ0) is 24.2. The monoisotopic (exact) mass is 499 g/mol. The van der Waals surface area contributed by atoms with Crippen molar-refractivity contribution in [3.63, 3.8) is 0 Å². The molecule has 6 nitrogen and oxygen atoms in total. The number of aromatic nitrogens is 1. The number of fused-ring (bicyclic) bond motifs is 2. The summed E-state index contributed by atoms with van der Waals surface area (Å²) >= 11 is 2.79. The minimum Gasteiger partial charge on any atom is -0.316 e. The molecule has 35 heavy (non-hydrogen) atoms. The molecule has 0 bridgehead atoms. The van der Waals surface area contributed by atoms with Gasteiger partial charge >= 0.3 is 0 Å². The maximum atomic E-state index is 12.8. The van der Waals surface area contributed by atoms with Gasteiger partial charge in [-0.3, -0.25) is 9.69 Å². The molecule has 0 saturated carbocycles. The molecule has 1 amide bonds. The third-order valence-electron chi connectivity index (χ3n) is 6.48. The summed E-state index contributed by atoms with van der Waals surface area (Å²) in [5.41, 5.74) is 5.67. The van der Waals surface area contributed by atoms with E-state index in [2.05, 4.69) is 46.6 Å². The van der Waals surface area contributed by atoms with Gasteiger partial charge in [0.05, 0.1) is 16.9 Å². The third kappa shape index (κ3) is 5.26. The highest BCUT2D eigenvalue weighted by Crippen LogP contribution is 2.37. The Kier molecular flexibility index (Phi) is 7.15. The lowest BCUT2D eigenvalue weighted by Gasteiger charge is -2.26. The number of nitriles is 2. The first-order valence-electron chi connectivity index (χ1n) is 11.8. The molecule has 1 N–H and O–H groups in total. The van der Waals surface area contributed by atoms with Crippen LogP contribution in [0, 0.1) is 22.7 Å². The Hall–Kier alpha value is -3.17. The lowest BCUT2D eigenvalue weighted by molar-refractivity contribution is -0.113. The van der Waals surface area contributed by atoms with Crippen LogP contribution in [0.1, 0.15) is 51.2 Å². The van der Waals surface area contributed by atoms with Gasteiger partial charge in [-0.15, -0.1) is 11.3 Å². The van der Waals surface area contributed by atoms with Gasteiger partial charge in [-0.05, 0) is 54.9 Å². The number of hydrogen-bond donors (Lipinski definition) is 1. The number of thiophene rings is 1. The molecule has 1 aliphatic heterocycles. The minimum absolute atomic E-state index is 0.147. The summed E-state index contributed by atoms with van der Waals surface area (Å²) in [5.74, 6) is -0.0387. The predicted octanol–water partition coefficient (Wildman–Crippen LogP) is 5.05. The van der Waals surface area contributed by atoms with Crippen LogP contribution >= 0.6 is 23.1 Å². The fraction of sp³-hybridized carbons (Fsp3) is 0.333. The molecular formula is C27H25N5OS2. The van der Waals surface area contributed by atoms with Crippen LogP contribution in [0.15, 0.2) is 41.4 Å². The lowest BCUT2D eigenvalue weighted by atomic mass is 9.95. The Morgan fingerprint density at radius 2 is 1.97 bits per heavy atom. The summed E-state index contributed by atoms with van der Waals surface area (Å²) in [5, 5.41) is 23.6. The second kappa shape index (κ2) is 10.6. The van der Waals surface area contributed by atoms with Crippen LogP contribution in [-0.4, -0.2) is 28.1 Å². The molecule has 0 spiro atoms. The van der Waals surface area contributed by atoms with Gasteiger partial charge in [0.15, 0.2) is 0 Å². The summed E-state index contributed by atoms with van der Waals surface area (Å²) in [4.78, 5) is 21.0. The van der Waals surface area contributed by atoms with E-state index < -0.39 is 0 Å². The normalized spacial score (nSPS) is 14.9. The van der Waals surface area contributed by atoms with E-state index in [9.17, 15) is 15.3 Å². The molecule has 3 heterocycles. The van der Waals surface area contributed by atoms with E-state index in [1.807, 2.05) is 12.1 Å². The molecular weight excluding hydrogens is 474 g/mol. The van der Waals surface area contributed by atoms with Crippen LogP contribution in [0.3, 0.4) is 0 Å². The zero-order valence-electron chi connectivity index (χ0n) is 19.3. The second-order valence-electron chi connectivity index (χ2n) is 8.87. The average Bonchev–Trinajstić information content (AvgIpc) is 3.23. The van der Waals surface area contributed by atoms with Crippen LogP contribution in [0.5, 0.6) is 0 Å². The second-order valence-corrected chi connectivity index (χ2v) is 10.9. The number of aryl methyl sites for hydroxylation is 2. The van der Waals surface area contributed by atoms with Crippen molar-refractivity contribution in [2.75, 3.05) is 17.6 Å². The topological polar surface area (TPSA) is 92.8 Å². The highest BCUT2D eigenvalue weighted by atomic mass is 32.2. The van der Waals surface area contributed by atoms with Gasteiger partial charge in [0.25, 0.3) is 0 Å². The summed E-state index contributed by atoms with van der Waals surface area (Å²) in [6, 6.07) is 16.9. The highest BCUT2D eigenvalue weighted by Gasteiger charge is 2.25. The number of nitrogens with one attached hydrogen (secondary N) is 1. The van der Waals surface area contributed by atoms with Crippen molar-refractivity contribution in [1.82, 2.24) is 9.88 Å². The highest BCUT2D eigenvalue weighted by molar-refractivity contribution is 8.00. The summed E-state index contributed by atoms with van der Waals surface area (Å²) in [6.07, 6.45) is 4.93. The van der Waals surface area contributed by atoms with Gasteiger partial charge in [-0.25, -0.2) is 4.98 Å². The Balaban J connectivity index is 1.25. The van der Waals surface area contributed by atoms with Crippen molar-refractivity contribution in [1.29, 1.82) is 10.5 Å². The van der Waals surface area contributed by atoms with Crippen molar-refractivity contribution in [2.45, 2.75) is 50.2 Å². The SMILES string of the molecule is N#Cc1cc2c(nc1SCC(=O)Nc1sc3c(c1C#N)CCN(Cc1ccccc1)C3)CCCC2. The van der Waals surface area contributed by atoms with Crippen LogP contribution in [0.4, 0.5) is 5.00 Å². The molecule has 5 rings (SSSR count). The zero-order valence-corrected chi connectivity index (χ0v) is 21.0. The Morgan fingerprint density at radius 1 is 1.14 bits per heavy atom. The van der Waals surface area contributed by atoms with Crippen LogP contribution in [-0.2, 0) is 37.1 Å². The van der Waals surface area contributed by atoms with Crippen molar-refractivity contribution >= 4 is 34.0 Å². The van der Waals surface area contributed by atoms with E-state index in [1.54, 1.807) is 0 Å². The van der Waals surface area contributed by atoms with E-state index in [0.717, 1.165) is 73.4 Å². The number of carbonyl (C=O) groups is 1. The van der Waals surface area contributed by atoms with E-state index in [1.165, 1.54) is 28.7 Å². The fourth-order valence-corrected chi connectivity index (χ4v) is 6.77. The number of amides is 1. The van der Waals surface area contributed by atoms with Gasteiger partial charge in [-0.2, -0.15) is 10.5 Å². The smallest absolute Gasteiger partial charge is 0.235 e. The minimum atomic E-state index is -0.186. The number of nitrogens with zero attached hydrogens (tertiary/aromatic N) is 4. The molecule has 1 aromatic carbocycles. The van der Waals surface area contributed by atoms with Gasteiger partial charge in [0.1, 0.15) is 22.2 Å². The number of anilines is 1. The van der Waals surface area contributed by atoms with Crippen LogP contribution < -0.4 is 5.32 Å². The van der Waals surface area contributed by atoms with E-state index in [0.29, 0.717) is 21.2 Å². The first kappa shape index (κ1) is 23.6. The van der Waals surface area contributed by atoms with Crippen molar-refractivity contribution < 1.29 is 4.79 Å². The molecule has 8 heteroatoms. The number of rotatable bonds is 6. The average molecular weight is 500 g/mol.